The summed E-state index contributed by atoms with van der Waals surface area (Å²) in [6.07, 6.45) is 1.41. The van der Waals surface area contributed by atoms with Crippen molar-refractivity contribution in [3.63, 3.8) is 0 Å². The zero-order chi connectivity index (χ0) is 17.8. The van der Waals surface area contributed by atoms with Crippen LogP contribution in [0, 0.1) is 5.92 Å². The van der Waals surface area contributed by atoms with Crippen molar-refractivity contribution >= 4 is 23.5 Å². The second-order valence-corrected chi connectivity index (χ2v) is 5.60. The SMILES string of the molecule is CCOc1ccc(N2CC(C(=O)Nc3nccc(=O)[nH]3)CC2=O)cc1. The second-order valence-electron chi connectivity index (χ2n) is 5.60. The third-order valence-electron chi connectivity index (χ3n) is 3.87. The van der Waals surface area contributed by atoms with E-state index in [9.17, 15) is 14.4 Å². The molecule has 2 amide bonds. The molecule has 8 heteroatoms. The smallest absolute Gasteiger partial charge is 0.252 e. The summed E-state index contributed by atoms with van der Waals surface area (Å²) in [7, 11) is 0. The molecule has 0 radical (unpaired) electrons. The highest BCUT2D eigenvalue weighted by atomic mass is 16.5. The number of nitrogens with one attached hydrogen (secondary N) is 2. The van der Waals surface area contributed by atoms with Gasteiger partial charge in [-0.25, -0.2) is 4.98 Å². The van der Waals surface area contributed by atoms with Crippen LogP contribution in [0.1, 0.15) is 13.3 Å². The lowest BCUT2D eigenvalue weighted by molar-refractivity contribution is -0.122. The minimum atomic E-state index is -0.510. The molecule has 1 fully saturated rings. The second kappa shape index (κ2) is 7.16. The van der Waals surface area contributed by atoms with Gasteiger partial charge in [-0.1, -0.05) is 0 Å². The van der Waals surface area contributed by atoms with Gasteiger partial charge >= 0.3 is 0 Å². The number of benzene rings is 1. The molecule has 25 heavy (non-hydrogen) atoms. The first kappa shape index (κ1) is 16.7. The molecule has 1 aromatic heterocycles. The van der Waals surface area contributed by atoms with E-state index in [2.05, 4.69) is 15.3 Å². The number of H-pyrrole nitrogens is 1. The molecule has 2 N–H and O–H groups in total. The van der Waals surface area contributed by atoms with Crippen LogP contribution in [0.2, 0.25) is 0 Å². The Labute approximate surface area is 143 Å². The van der Waals surface area contributed by atoms with Crippen molar-refractivity contribution in [1.29, 1.82) is 0 Å². The molecule has 1 atom stereocenters. The zero-order valence-corrected chi connectivity index (χ0v) is 13.7. The maximum atomic E-state index is 12.3. The van der Waals surface area contributed by atoms with E-state index in [1.54, 1.807) is 29.2 Å². The first-order valence-corrected chi connectivity index (χ1v) is 7.96. The van der Waals surface area contributed by atoms with Crippen LogP contribution in [-0.2, 0) is 9.59 Å². The van der Waals surface area contributed by atoms with Crippen molar-refractivity contribution < 1.29 is 14.3 Å². The molecule has 1 unspecified atom stereocenters. The summed E-state index contributed by atoms with van der Waals surface area (Å²) in [6, 6.07) is 8.41. The zero-order valence-electron chi connectivity index (χ0n) is 13.7. The molecular formula is C17H18N4O4. The number of hydrogen-bond acceptors (Lipinski definition) is 5. The average Bonchev–Trinajstić information content (AvgIpc) is 2.98. The number of amides is 2. The van der Waals surface area contributed by atoms with E-state index in [1.165, 1.54) is 12.3 Å². The largest absolute Gasteiger partial charge is 0.494 e. The van der Waals surface area contributed by atoms with Gasteiger partial charge in [-0.2, -0.15) is 0 Å². The van der Waals surface area contributed by atoms with Crippen LogP contribution in [0.5, 0.6) is 5.75 Å². The van der Waals surface area contributed by atoms with Crippen LogP contribution in [0.25, 0.3) is 0 Å². The number of hydrogen-bond donors (Lipinski definition) is 2. The fraction of sp³-hybridized carbons (Fsp3) is 0.294. The molecular weight excluding hydrogens is 324 g/mol. The van der Waals surface area contributed by atoms with Crippen LogP contribution in [-0.4, -0.2) is 34.9 Å². The van der Waals surface area contributed by atoms with Crippen molar-refractivity contribution in [2.75, 3.05) is 23.4 Å². The van der Waals surface area contributed by atoms with Gasteiger partial charge in [0.05, 0.1) is 12.5 Å². The number of aromatic nitrogens is 2. The normalized spacial score (nSPS) is 16.8. The highest BCUT2D eigenvalue weighted by Crippen LogP contribution is 2.27. The first-order chi connectivity index (χ1) is 12.1. The van der Waals surface area contributed by atoms with E-state index in [0.29, 0.717) is 6.61 Å². The number of ether oxygens (including phenoxy) is 1. The van der Waals surface area contributed by atoms with Crippen LogP contribution in [0.15, 0.2) is 41.3 Å². The fourth-order valence-electron chi connectivity index (χ4n) is 2.67. The van der Waals surface area contributed by atoms with Gasteiger partial charge in [-0.05, 0) is 31.2 Å². The third kappa shape index (κ3) is 3.85. The Kier molecular flexibility index (Phi) is 4.78. The first-order valence-electron chi connectivity index (χ1n) is 7.96. The lowest BCUT2D eigenvalue weighted by Crippen LogP contribution is -2.29. The molecule has 0 saturated carbocycles. The molecule has 0 bridgehead atoms. The molecule has 2 heterocycles. The van der Waals surface area contributed by atoms with Gasteiger partial charge < -0.3 is 9.64 Å². The Morgan fingerprint density at radius 1 is 1.32 bits per heavy atom. The number of nitrogens with zero attached hydrogens (tertiary/aromatic N) is 2. The van der Waals surface area contributed by atoms with Gasteiger partial charge in [-0.15, -0.1) is 0 Å². The lowest BCUT2D eigenvalue weighted by atomic mass is 10.1. The Hall–Kier alpha value is -3.16. The summed E-state index contributed by atoms with van der Waals surface area (Å²) < 4.78 is 5.38. The summed E-state index contributed by atoms with van der Waals surface area (Å²) in [5.74, 6) is -0.185. The van der Waals surface area contributed by atoms with Gasteiger partial charge in [0, 0.05) is 30.9 Å². The molecule has 1 saturated heterocycles. The number of carbonyl (C=O) groups excluding carboxylic acids is 2. The quantitative estimate of drug-likeness (QED) is 0.848. The van der Waals surface area contributed by atoms with E-state index in [0.717, 1.165) is 11.4 Å². The predicted molar refractivity (Wildman–Crippen MR) is 91.6 cm³/mol. The fourth-order valence-corrected chi connectivity index (χ4v) is 2.67. The van der Waals surface area contributed by atoms with Gasteiger partial charge in [0.2, 0.25) is 17.8 Å². The Balaban J connectivity index is 1.67. The standard InChI is InChI=1S/C17H18N4O4/c1-2-25-13-5-3-12(4-6-13)21-10-11(9-15(21)23)16(24)20-17-18-8-7-14(22)19-17/h3-8,11H,2,9-10H2,1H3,(H2,18,19,20,22,24). The molecule has 0 spiro atoms. The molecule has 3 rings (SSSR count). The summed E-state index contributed by atoms with van der Waals surface area (Å²) in [6.45, 7) is 2.74. The number of rotatable bonds is 5. The maximum Gasteiger partial charge on any atom is 0.252 e. The Morgan fingerprint density at radius 3 is 2.76 bits per heavy atom. The van der Waals surface area contributed by atoms with Crippen LogP contribution in [0.3, 0.4) is 0 Å². The minimum Gasteiger partial charge on any atom is -0.494 e. The Bertz CT molecular complexity index is 831. The van der Waals surface area contributed by atoms with Crippen molar-refractivity contribution in [3.8, 4) is 5.75 Å². The molecule has 1 aliphatic rings. The van der Waals surface area contributed by atoms with Gasteiger partial charge in [-0.3, -0.25) is 24.7 Å². The number of carbonyl (C=O) groups is 2. The summed E-state index contributed by atoms with van der Waals surface area (Å²) >= 11 is 0. The lowest BCUT2D eigenvalue weighted by Gasteiger charge is -2.17. The summed E-state index contributed by atoms with van der Waals surface area (Å²) in [5, 5.41) is 2.54. The van der Waals surface area contributed by atoms with E-state index >= 15 is 0 Å². The molecule has 130 valence electrons. The minimum absolute atomic E-state index is 0.0736. The van der Waals surface area contributed by atoms with Gasteiger partial charge in [0.15, 0.2) is 0 Å². The van der Waals surface area contributed by atoms with Crippen molar-refractivity contribution in [2.45, 2.75) is 13.3 Å². The maximum absolute atomic E-state index is 12.3. The van der Waals surface area contributed by atoms with E-state index in [-0.39, 0.29) is 36.3 Å². The topological polar surface area (TPSA) is 104 Å². The molecule has 1 aliphatic heterocycles. The molecule has 1 aromatic carbocycles. The van der Waals surface area contributed by atoms with Crippen LogP contribution < -0.4 is 20.5 Å². The van der Waals surface area contributed by atoms with Crippen LogP contribution in [0.4, 0.5) is 11.6 Å². The highest BCUT2D eigenvalue weighted by molar-refractivity contribution is 6.03. The number of anilines is 2. The predicted octanol–water partition coefficient (Wildman–Crippen LogP) is 1.16. The van der Waals surface area contributed by atoms with Crippen molar-refractivity contribution in [3.05, 3.63) is 46.9 Å². The highest BCUT2D eigenvalue weighted by Gasteiger charge is 2.35. The monoisotopic (exact) mass is 342 g/mol. The third-order valence-corrected chi connectivity index (χ3v) is 3.87. The Morgan fingerprint density at radius 2 is 2.08 bits per heavy atom. The van der Waals surface area contributed by atoms with E-state index in [4.69, 9.17) is 4.74 Å². The summed E-state index contributed by atoms with van der Waals surface area (Å²) in [4.78, 5) is 43.7. The van der Waals surface area contributed by atoms with Crippen LogP contribution >= 0.6 is 0 Å². The van der Waals surface area contributed by atoms with Gasteiger partial charge in [0.25, 0.3) is 5.56 Å². The molecule has 0 aliphatic carbocycles. The molecule has 8 nitrogen and oxygen atoms in total. The van der Waals surface area contributed by atoms with Crippen molar-refractivity contribution in [2.24, 2.45) is 5.92 Å². The summed E-state index contributed by atoms with van der Waals surface area (Å²) in [5.41, 5.74) is 0.360. The molecule has 2 aromatic rings. The van der Waals surface area contributed by atoms with E-state index in [1.807, 2.05) is 6.92 Å². The average molecular weight is 342 g/mol. The van der Waals surface area contributed by atoms with E-state index < -0.39 is 5.92 Å². The van der Waals surface area contributed by atoms with Crippen molar-refractivity contribution in [1.82, 2.24) is 9.97 Å². The number of aromatic amines is 1. The van der Waals surface area contributed by atoms with Gasteiger partial charge in [0.1, 0.15) is 5.75 Å².